The van der Waals surface area contributed by atoms with Gasteiger partial charge >= 0.3 is 0 Å². The molecule has 0 aromatic heterocycles. The van der Waals surface area contributed by atoms with E-state index in [1.165, 1.54) is 7.11 Å². The molecule has 2 aliphatic rings. The van der Waals surface area contributed by atoms with Crippen molar-refractivity contribution in [3.05, 3.63) is 34.7 Å². The molecule has 3 amide bonds. The lowest BCUT2D eigenvalue weighted by Crippen LogP contribution is -2.47. The van der Waals surface area contributed by atoms with Crippen LogP contribution in [0.1, 0.15) is 5.56 Å². The number of carbonyl (C=O) groups is 3. The van der Waals surface area contributed by atoms with Crippen LogP contribution in [0, 0.1) is 0 Å². The number of benzene rings is 1. The number of para-hydroxylation sites is 1. The van der Waals surface area contributed by atoms with Gasteiger partial charge in [-0.15, -0.1) is 0 Å². The Hall–Kier alpha value is -1.97. The second-order valence-electron chi connectivity index (χ2n) is 5.79. The van der Waals surface area contributed by atoms with Gasteiger partial charge in [-0.1, -0.05) is 18.2 Å². The highest BCUT2D eigenvalue weighted by molar-refractivity contribution is 8.18. The molecule has 3 rings (SSSR count). The van der Waals surface area contributed by atoms with Crippen molar-refractivity contribution in [1.82, 2.24) is 10.2 Å². The molecule has 7 nitrogen and oxygen atoms in total. The molecule has 2 saturated heterocycles. The summed E-state index contributed by atoms with van der Waals surface area (Å²) in [5, 5.41) is 11.9. The molecule has 0 bridgehead atoms. The predicted molar refractivity (Wildman–Crippen MR) is 101 cm³/mol. The molecule has 2 aliphatic heterocycles. The van der Waals surface area contributed by atoms with Gasteiger partial charge in [-0.2, -0.15) is 11.8 Å². The second kappa shape index (κ2) is 8.15. The Morgan fingerprint density at radius 3 is 2.85 bits per heavy atom. The summed E-state index contributed by atoms with van der Waals surface area (Å²) >= 11 is 2.33. The quantitative estimate of drug-likeness (QED) is 0.727. The number of nitrogens with zero attached hydrogens (tertiary/aromatic N) is 1. The van der Waals surface area contributed by atoms with Crippen molar-refractivity contribution in [2.24, 2.45) is 0 Å². The molecular weight excluding hydrogens is 376 g/mol. The highest BCUT2D eigenvalue weighted by Crippen LogP contribution is 2.33. The van der Waals surface area contributed by atoms with E-state index in [4.69, 9.17) is 4.74 Å². The first-order valence-electron chi connectivity index (χ1n) is 7.93. The summed E-state index contributed by atoms with van der Waals surface area (Å²) in [5.41, 5.74) is 0.677. The van der Waals surface area contributed by atoms with E-state index >= 15 is 0 Å². The van der Waals surface area contributed by atoms with E-state index in [0.29, 0.717) is 22.8 Å². The number of hydrogen-bond acceptors (Lipinski definition) is 7. The third-order valence-corrected chi connectivity index (χ3v) is 6.08. The molecule has 26 heavy (non-hydrogen) atoms. The van der Waals surface area contributed by atoms with Crippen LogP contribution in [0.15, 0.2) is 29.2 Å². The maximum atomic E-state index is 12.5. The number of thioether (sulfide) groups is 2. The van der Waals surface area contributed by atoms with Crippen LogP contribution in [0.3, 0.4) is 0 Å². The van der Waals surface area contributed by atoms with Crippen LogP contribution in [0.4, 0.5) is 4.79 Å². The van der Waals surface area contributed by atoms with Gasteiger partial charge < -0.3 is 15.2 Å². The van der Waals surface area contributed by atoms with E-state index < -0.39 is 23.2 Å². The molecule has 138 valence electrons. The normalized spacial score (nSPS) is 24.4. The summed E-state index contributed by atoms with van der Waals surface area (Å²) in [6.45, 7) is -0.359. The molecule has 1 aromatic rings. The molecule has 2 heterocycles. The van der Waals surface area contributed by atoms with E-state index in [-0.39, 0.29) is 17.5 Å². The van der Waals surface area contributed by atoms with Gasteiger partial charge in [0, 0.05) is 17.1 Å². The first kappa shape index (κ1) is 18.8. The number of aliphatic hydroxyl groups excluding tert-OH is 1. The first-order chi connectivity index (χ1) is 12.5. The van der Waals surface area contributed by atoms with Crippen molar-refractivity contribution in [3.8, 4) is 5.75 Å². The molecule has 0 unspecified atom stereocenters. The molecule has 9 heteroatoms. The summed E-state index contributed by atoms with van der Waals surface area (Å²) < 4.78 is 5.24. The lowest BCUT2D eigenvalue weighted by atomic mass is 10.2. The maximum absolute atomic E-state index is 12.5. The number of nitrogens with one attached hydrogen (secondary N) is 1. The zero-order valence-corrected chi connectivity index (χ0v) is 15.6. The molecule has 0 saturated carbocycles. The van der Waals surface area contributed by atoms with Crippen molar-refractivity contribution in [3.63, 3.8) is 0 Å². The number of rotatable bonds is 5. The molecule has 2 atom stereocenters. The molecule has 1 aromatic carbocycles. The fourth-order valence-corrected chi connectivity index (χ4v) is 4.64. The Morgan fingerprint density at radius 2 is 2.15 bits per heavy atom. The zero-order valence-electron chi connectivity index (χ0n) is 14.0. The SMILES string of the molecule is COc1ccccc1/C=C1\SC(=O)N(CC(=O)N[C@H]2CSC[C@@H]2O)C1=O. The standard InChI is InChI=1S/C17H18N2O5S2/c1-24-13-5-3-2-4-10(13)6-14-16(22)19(17(23)26-14)7-15(21)18-11-8-25-9-12(11)20/h2-6,11-12,20H,7-9H2,1H3,(H,18,21)/b14-6-/t11-,12-/m0/s1. The van der Waals surface area contributed by atoms with Crippen molar-refractivity contribution in [2.45, 2.75) is 12.1 Å². The first-order valence-corrected chi connectivity index (χ1v) is 9.90. The Bertz CT molecular complexity index is 767. The minimum atomic E-state index is -0.607. The van der Waals surface area contributed by atoms with Crippen molar-refractivity contribution < 1.29 is 24.2 Å². The van der Waals surface area contributed by atoms with E-state index in [0.717, 1.165) is 16.7 Å². The van der Waals surface area contributed by atoms with Gasteiger partial charge in [0.1, 0.15) is 12.3 Å². The van der Waals surface area contributed by atoms with Crippen LogP contribution in [0.2, 0.25) is 0 Å². The molecule has 0 radical (unpaired) electrons. The third-order valence-electron chi connectivity index (χ3n) is 4.00. The zero-order chi connectivity index (χ0) is 18.7. The van der Waals surface area contributed by atoms with Crippen LogP contribution in [-0.2, 0) is 9.59 Å². The van der Waals surface area contributed by atoms with E-state index in [1.807, 2.05) is 6.07 Å². The Morgan fingerprint density at radius 1 is 1.38 bits per heavy atom. The lowest BCUT2D eigenvalue weighted by molar-refractivity contribution is -0.129. The van der Waals surface area contributed by atoms with Crippen LogP contribution < -0.4 is 10.1 Å². The van der Waals surface area contributed by atoms with Crippen LogP contribution in [-0.4, -0.2) is 64.4 Å². The Balaban J connectivity index is 1.68. The number of ether oxygens (including phenoxy) is 1. The highest BCUT2D eigenvalue weighted by Gasteiger charge is 2.37. The number of carbonyl (C=O) groups excluding carboxylic acids is 3. The minimum absolute atomic E-state index is 0.240. The summed E-state index contributed by atoms with van der Waals surface area (Å²) in [6.07, 6.45) is 0.975. The average Bonchev–Trinajstić information content (AvgIpc) is 3.13. The summed E-state index contributed by atoms with van der Waals surface area (Å²) in [5.74, 6) is 0.793. The van der Waals surface area contributed by atoms with E-state index in [2.05, 4.69) is 5.32 Å². The highest BCUT2D eigenvalue weighted by atomic mass is 32.2. The largest absolute Gasteiger partial charge is 0.496 e. The molecule has 0 aliphatic carbocycles. The lowest BCUT2D eigenvalue weighted by Gasteiger charge is -2.18. The fourth-order valence-electron chi connectivity index (χ4n) is 2.64. The minimum Gasteiger partial charge on any atom is -0.496 e. The number of methoxy groups -OCH3 is 1. The van der Waals surface area contributed by atoms with Gasteiger partial charge in [-0.05, 0) is 23.9 Å². The number of hydrogen-bond donors (Lipinski definition) is 2. The van der Waals surface area contributed by atoms with E-state index in [9.17, 15) is 19.5 Å². The number of imide groups is 1. The van der Waals surface area contributed by atoms with Crippen LogP contribution >= 0.6 is 23.5 Å². The predicted octanol–water partition coefficient (Wildman–Crippen LogP) is 1.32. The van der Waals surface area contributed by atoms with Gasteiger partial charge in [-0.3, -0.25) is 19.3 Å². The number of amides is 3. The Kier molecular flexibility index (Phi) is 5.90. The summed E-state index contributed by atoms with van der Waals surface area (Å²) in [6, 6.07) is 6.79. The van der Waals surface area contributed by atoms with E-state index in [1.54, 1.807) is 36.0 Å². The van der Waals surface area contributed by atoms with Gasteiger partial charge in [0.15, 0.2) is 0 Å². The molecule has 0 spiro atoms. The van der Waals surface area contributed by atoms with Gasteiger partial charge in [0.2, 0.25) is 5.91 Å². The van der Waals surface area contributed by atoms with Crippen molar-refractivity contribution in [1.29, 1.82) is 0 Å². The third kappa shape index (κ3) is 4.05. The van der Waals surface area contributed by atoms with Gasteiger partial charge in [0.25, 0.3) is 11.1 Å². The van der Waals surface area contributed by atoms with Crippen molar-refractivity contribution in [2.75, 3.05) is 25.2 Å². The molecule has 2 fully saturated rings. The molecular formula is C17H18N2O5S2. The topological polar surface area (TPSA) is 95.9 Å². The fraction of sp³-hybridized carbons (Fsp3) is 0.353. The monoisotopic (exact) mass is 394 g/mol. The van der Waals surface area contributed by atoms with Crippen LogP contribution in [0.5, 0.6) is 5.75 Å². The summed E-state index contributed by atoms with van der Waals surface area (Å²) in [4.78, 5) is 37.9. The molecule has 2 N–H and O–H groups in total. The maximum Gasteiger partial charge on any atom is 0.294 e. The Labute approximate surface area is 159 Å². The second-order valence-corrected chi connectivity index (χ2v) is 7.86. The van der Waals surface area contributed by atoms with Crippen LogP contribution in [0.25, 0.3) is 6.08 Å². The van der Waals surface area contributed by atoms with Gasteiger partial charge in [0.05, 0.1) is 24.2 Å². The number of aliphatic hydroxyl groups is 1. The average molecular weight is 394 g/mol. The summed E-state index contributed by atoms with van der Waals surface area (Å²) in [7, 11) is 1.53. The smallest absolute Gasteiger partial charge is 0.294 e. The van der Waals surface area contributed by atoms with Gasteiger partial charge in [-0.25, -0.2) is 0 Å². The van der Waals surface area contributed by atoms with Crippen molar-refractivity contribution >= 4 is 46.7 Å².